The van der Waals surface area contributed by atoms with Crippen molar-refractivity contribution in [1.29, 1.82) is 0 Å². The molecule has 0 spiro atoms. The van der Waals surface area contributed by atoms with E-state index in [1.54, 1.807) is 0 Å². The molecular weight excluding hydrogens is 166 g/mol. The molecule has 0 atom stereocenters. The summed E-state index contributed by atoms with van der Waals surface area (Å²) >= 11 is 0. The molecule has 0 rings (SSSR count). The highest BCUT2D eigenvalue weighted by molar-refractivity contribution is 4.48. The Labute approximate surface area is 82.2 Å². The van der Waals surface area contributed by atoms with E-state index in [-0.39, 0.29) is 0 Å². The third kappa shape index (κ3) is 18.7. The number of unbranched alkanes of at least 4 members (excludes halogenated alkanes) is 3. The zero-order valence-electron chi connectivity index (χ0n) is 9.05. The van der Waals surface area contributed by atoms with Crippen LogP contribution in [-0.2, 0) is 0 Å². The average molecular weight is 191 g/mol. The van der Waals surface area contributed by atoms with E-state index in [0.29, 0.717) is 6.61 Å². The Kier molecular flexibility index (Phi) is 21.1. The molecule has 3 heteroatoms. The van der Waals surface area contributed by atoms with E-state index >= 15 is 0 Å². The monoisotopic (exact) mass is 191 g/mol. The Morgan fingerprint density at radius 3 is 1.92 bits per heavy atom. The van der Waals surface area contributed by atoms with E-state index in [9.17, 15) is 0 Å². The summed E-state index contributed by atoms with van der Waals surface area (Å²) in [5, 5.41) is 18.8. The summed E-state index contributed by atoms with van der Waals surface area (Å²) in [6.45, 7) is 4.74. The van der Waals surface area contributed by atoms with E-state index in [1.165, 1.54) is 19.3 Å². The molecule has 0 saturated carbocycles. The average Bonchev–Trinajstić information content (AvgIpc) is 2.20. The van der Waals surface area contributed by atoms with E-state index < -0.39 is 0 Å². The number of aliphatic hydroxyl groups excluding tert-OH is 2. The van der Waals surface area contributed by atoms with Gasteiger partial charge in [-0.1, -0.05) is 19.8 Å². The van der Waals surface area contributed by atoms with Crippen molar-refractivity contribution >= 4 is 0 Å². The minimum Gasteiger partial charge on any atom is -0.400 e. The molecule has 0 fully saturated rings. The largest absolute Gasteiger partial charge is 0.400 e. The summed E-state index contributed by atoms with van der Waals surface area (Å²) in [5.41, 5.74) is 0. The second-order valence-corrected chi connectivity index (χ2v) is 2.89. The fraction of sp³-hybridized carbons (Fsp3) is 1.00. The maximum Gasteiger partial charge on any atom is 0.0431 e. The van der Waals surface area contributed by atoms with Crippen molar-refractivity contribution in [1.82, 2.24) is 5.32 Å². The van der Waals surface area contributed by atoms with Crippen molar-refractivity contribution in [2.24, 2.45) is 0 Å². The van der Waals surface area contributed by atoms with E-state index in [0.717, 1.165) is 33.0 Å². The van der Waals surface area contributed by atoms with Gasteiger partial charge in [0.2, 0.25) is 0 Å². The molecule has 3 N–H and O–H groups in total. The molecule has 0 amide bonds. The molecule has 0 aromatic heterocycles. The molecule has 0 aliphatic heterocycles. The number of nitrogens with one attached hydrogen (secondary N) is 1. The zero-order valence-corrected chi connectivity index (χ0v) is 9.05. The summed E-state index contributed by atoms with van der Waals surface area (Å²) in [6.07, 6.45) is 5.93. The summed E-state index contributed by atoms with van der Waals surface area (Å²) in [5.74, 6) is 0. The standard InChI is InChI=1S/C9H21NO.CH4O/c1-2-3-4-7-10-8-5-6-9-11;1-2/h10-11H,2-9H2,1H3;2H,1H3. The van der Waals surface area contributed by atoms with Gasteiger partial charge in [0.05, 0.1) is 0 Å². The summed E-state index contributed by atoms with van der Waals surface area (Å²) in [4.78, 5) is 0. The highest BCUT2D eigenvalue weighted by Gasteiger charge is 1.87. The SMILES string of the molecule is CCCCCNCCCCO.CO. The summed E-state index contributed by atoms with van der Waals surface area (Å²) in [6, 6.07) is 0. The third-order valence-electron chi connectivity index (χ3n) is 1.72. The molecule has 0 heterocycles. The molecule has 13 heavy (non-hydrogen) atoms. The lowest BCUT2D eigenvalue weighted by Crippen LogP contribution is -2.16. The Balaban J connectivity index is 0. The van der Waals surface area contributed by atoms with E-state index in [2.05, 4.69) is 12.2 Å². The molecule has 0 saturated heterocycles. The normalized spacial score (nSPS) is 9.23. The number of rotatable bonds is 8. The minimum absolute atomic E-state index is 0.330. The first-order valence-electron chi connectivity index (χ1n) is 5.18. The van der Waals surface area contributed by atoms with Crippen LogP contribution in [0.15, 0.2) is 0 Å². The molecule has 0 unspecified atom stereocenters. The second-order valence-electron chi connectivity index (χ2n) is 2.89. The predicted octanol–water partition coefficient (Wildman–Crippen LogP) is 1.15. The Hall–Kier alpha value is -0.120. The zero-order chi connectivity index (χ0) is 10.4. The predicted molar refractivity (Wildman–Crippen MR) is 56.9 cm³/mol. The maximum absolute atomic E-state index is 8.48. The van der Waals surface area contributed by atoms with Crippen LogP contribution in [-0.4, -0.2) is 37.0 Å². The second kappa shape index (κ2) is 17.8. The Morgan fingerprint density at radius 2 is 1.46 bits per heavy atom. The van der Waals surface area contributed by atoms with Crippen LogP contribution in [0.5, 0.6) is 0 Å². The van der Waals surface area contributed by atoms with Gasteiger partial charge in [-0.05, 0) is 32.4 Å². The van der Waals surface area contributed by atoms with Crippen LogP contribution < -0.4 is 5.32 Å². The maximum atomic E-state index is 8.48. The summed E-state index contributed by atoms with van der Waals surface area (Å²) < 4.78 is 0. The van der Waals surface area contributed by atoms with Crippen molar-refractivity contribution in [3.05, 3.63) is 0 Å². The molecular formula is C10H25NO2. The van der Waals surface area contributed by atoms with Gasteiger partial charge < -0.3 is 15.5 Å². The summed E-state index contributed by atoms with van der Waals surface area (Å²) in [7, 11) is 1.00. The van der Waals surface area contributed by atoms with Crippen molar-refractivity contribution in [3.63, 3.8) is 0 Å². The first-order chi connectivity index (χ1) is 6.41. The van der Waals surface area contributed by atoms with Crippen LogP contribution in [0.2, 0.25) is 0 Å². The fourth-order valence-electron chi connectivity index (χ4n) is 0.987. The Morgan fingerprint density at radius 1 is 0.923 bits per heavy atom. The molecule has 0 bridgehead atoms. The van der Waals surface area contributed by atoms with Crippen LogP contribution in [0.4, 0.5) is 0 Å². The quantitative estimate of drug-likeness (QED) is 0.504. The van der Waals surface area contributed by atoms with Gasteiger partial charge in [-0.15, -0.1) is 0 Å². The molecule has 82 valence electrons. The lowest BCUT2D eigenvalue weighted by atomic mass is 10.2. The van der Waals surface area contributed by atoms with Crippen LogP contribution in [0.3, 0.4) is 0 Å². The van der Waals surface area contributed by atoms with Crippen LogP contribution in [0.25, 0.3) is 0 Å². The lowest BCUT2D eigenvalue weighted by molar-refractivity contribution is 0.283. The topological polar surface area (TPSA) is 52.5 Å². The molecule has 0 aliphatic carbocycles. The van der Waals surface area contributed by atoms with Crippen LogP contribution >= 0.6 is 0 Å². The molecule has 3 nitrogen and oxygen atoms in total. The van der Waals surface area contributed by atoms with E-state index in [4.69, 9.17) is 10.2 Å². The lowest BCUT2D eigenvalue weighted by Gasteiger charge is -2.02. The molecule has 0 aromatic carbocycles. The molecule has 0 radical (unpaired) electrons. The van der Waals surface area contributed by atoms with Gasteiger partial charge in [0, 0.05) is 13.7 Å². The van der Waals surface area contributed by atoms with Gasteiger partial charge in [0.1, 0.15) is 0 Å². The van der Waals surface area contributed by atoms with Crippen molar-refractivity contribution < 1.29 is 10.2 Å². The minimum atomic E-state index is 0.330. The van der Waals surface area contributed by atoms with Gasteiger partial charge >= 0.3 is 0 Å². The molecule has 0 aromatic rings. The first-order valence-corrected chi connectivity index (χ1v) is 5.18. The number of aliphatic hydroxyl groups is 2. The first kappa shape index (κ1) is 15.4. The highest BCUT2D eigenvalue weighted by Crippen LogP contribution is 1.91. The van der Waals surface area contributed by atoms with Crippen LogP contribution in [0.1, 0.15) is 39.0 Å². The van der Waals surface area contributed by atoms with Gasteiger partial charge in [-0.25, -0.2) is 0 Å². The number of hydrogen-bond donors (Lipinski definition) is 3. The Bertz CT molecular complexity index is 61.9. The van der Waals surface area contributed by atoms with Gasteiger partial charge in [0.25, 0.3) is 0 Å². The third-order valence-corrected chi connectivity index (χ3v) is 1.72. The van der Waals surface area contributed by atoms with Crippen molar-refractivity contribution in [3.8, 4) is 0 Å². The van der Waals surface area contributed by atoms with E-state index in [1.807, 2.05) is 0 Å². The van der Waals surface area contributed by atoms with Gasteiger partial charge in [-0.2, -0.15) is 0 Å². The van der Waals surface area contributed by atoms with Crippen LogP contribution in [0, 0.1) is 0 Å². The highest BCUT2D eigenvalue weighted by atomic mass is 16.3. The van der Waals surface area contributed by atoms with Gasteiger partial charge in [0.15, 0.2) is 0 Å². The molecule has 0 aliphatic rings. The number of hydrogen-bond acceptors (Lipinski definition) is 3. The smallest absolute Gasteiger partial charge is 0.0431 e. The van der Waals surface area contributed by atoms with Crippen molar-refractivity contribution in [2.45, 2.75) is 39.0 Å². The fourth-order valence-corrected chi connectivity index (χ4v) is 0.987. The van der Waals surface area contributed by atoms with Crippen molar-refractivity contribution in [2.75, 3.05) is 26.8 Å². The van der Waals surface area contributed by atoms with Gasteiger partial charge in [-0.3, -0.25) is 0 Å².